The molecule has 2 aromatic rings. The van der Waals surface area contributed by atoms with Gasteiger partial charge in [0.1, 0.15) is 28.6 Å². The summed E-state index contributed by atoms with van der Waals surface area (Å²) in [6.07, 6.45) is 6.71. The van der Waals surface area contributed by atoms with Crippen molar-refractivity contribution in [2.75, 3.05) is 0 Å². The zero-order valence-corrected chi connectivity index (χ0v) is 21.6. The van der Waals surface area contributed by atoms with Crippen LogP contribution < -0.4 is 9.47 Å². The van der Waals surface area contributed by atoms with Crippen molar-refractivity contribution in [1.82, 2.24) is 0 Å². The van der Waals surface area contributed by atoms with E-state index in [0.29, 0.717) is 55.4 Å². The summed E-state index contributed by atoms with van der Waals surface area (Å²) in [7, 11) is 0. The molecule has 0 aliphatic carbocycles. The van der Waals surface area contributed by atoms with Crippen molar-refractivity contribution in [3.63, 3.8) is 0 Å². The second kappa shape index (κ2) is 11.6. The van der Waals surface area contributed by atoms with Crippen molar-refractivity contribution >= 4 is 23.8 Å². The van der Waals surface area contributed by atoms with Crippen LogP contribution in [0.5, 0.6) is 17.2 Å². The van der Waals surface area contributed by atoms with E-state index in [9.17, 15) is 19.5 Å². The van der Waals surface area contributed by atoms with Crippen LogP contribution in [-0.4, -0.2) is 35.0 Å². The number of carbonyl (C=O) groups excluding carboxylic acids is 3. The Morgan fingerprint density at radius 1 is 1.05 bits per heavy atom. The van der Waals surface area contributed by atoms with Crippen molar-refractivity contribution in [2.24, 2.45) is 0 Å². The monoisotopic (exact) mass is 506 g/mol. The smallest absolute Gasteiger partial charge is 0.342 e. The summed E-state index contributed by atoms with van der Waals surface area (Å²) >= 11 is 0. The quantitative estimate of drug-likeness (QED) is 0.396. The molecule has 0 amide bonds. The van der Waals surface area contributed by atoms with Crippen molar-refractivity contribution in [3.8, 4) is 17.2 Å². The number of phenols is 1. The average Bonchev–Trinajstić information content (AvgIpc) is 2.82. The zero-order chi connectivity index (χ0) is 26.5. The molecule has 2 atom stereocenters. The minimum atomic E-state index is -0.646. The van der Waals surface area contributed by atoms with Gasteiger partial charge in [-0.3, -0.25) is 9.59 Å². The predicted octanol–water partition coefficient (Wildman–Crippen LogP) is 6.10. The van der Waals surface area contributed by atoms with Crippen LogP contribution in [0.1, 0.15) is 98.7 Å². The summed E-state index contributed by atoms with van der Waals surface area (Å²) in [5.41, 5.74) is 1.65. The molecule has 0 fully saturated rings. The Morgan fingerprint density at radius 2 is 1.78 bits per heavy atom. The normalized spacial score (nSPS) is 21.8. The van der Waals surface area contributed by atoms with Crippen molar-refractivity contribution in [3.05, 3.63) is 58.7 Å². The van der Waals surface area contributed by atoms with E-state index < -0.39 is 24.0 Å². The van der Waals surface area contributed by atoms with Gasteiger partial charge in [-0.05, 0) is 75.8 Å². The van der Waals surface area contributed by atoms with Gasteiger partial charge in [0.25, 0.3) is 0 Å². The van der Waals surface area contributed by atoms with E-state index in [-0.39, 0.29) is 35.4 Å². The molecule has 2 heterocycles. The van der Waals surface area contributed by atoms with E-state index in [1.807, 2.05) is 44.2 Å². The molecule has 196 valence electrons. The summed E-state index contributed by atoms with van der Waals surface area (Å²) < 4.78 is 16.9. The zero-order valence-electron chi connectivity index (χ0n) is 21.6. The molecule has 2 aliphatic heterocycles. The fourth-order valence-electron chi connectivity index (χ4n) is 4.85. The first-order valence-corrected chi connectivity index (χ1v) is 13.0. The average molecular weight is 507 g/mol. The third kappa shape index (κ3) is 6.40. The van der Waals surface area contributed by atoms with Gasteiger partial charge in [-0.15, -0.1) is 0 Å². The molecule has 7 nitrogen and oxygen atoms in total. The second-order valence-electron chi connectivity index (χ2n) is 10.0. The first kappa shape index (κ1) is 26.5. The largest absolute Gasteiger partial charge is 0.507 e. The number of hydrogen-bond donors (Lipinski definition) is 1. The highest BCUT2D eigenvalue weighted by molar-refractivity contribution is 5.98. The Hall–Kier alpha value is -3.61. The van der Waals surface area contributed by atoms with E-state index >= 15 is 0 Å². The van der Waals surface area contributed by atoms with Gasteiger partial charge in [0.05, 0.1) is 18.6 Å². The summed E-state index contributed by atoms with van der Waals surface area (Å²) in [4.78, 5) is 37.9. The number of esters is 2. The van der Waals surface area contributed by atoms with Gasteiger partial charge in [0.15, 0.2) is 0 Å². The topological polar surface area (TPSA) is 99.1 Å². The fraction of sp³-hybridized carbons (Fsp3) is 0.433. The highest BCUT2D eigenvalue weighted by Crippen LogP contribution is 2.47. The number of rotatable bonds is 3. The number of fused-ring (bicyclic) bond motifs is 2. The number of aromatic hydroxyl groups is 1. The number of ketones is 1. The molecule has 0 bridgehead atoms. The highest BCUT2D eigenvalue weighted by atomic mass is 16.5. The van der Waals surface area contributed by atoms with E-state index in [1.54, 1.807) is 19.1 Å². The van der Waals surface area contributed by atoms with Crippen LogP contribution in [0.3, 0.4) is 0 Å². The number of Topliss-reactive ketones (excluding diaryl/α,β-unsaturated/α-hetero) is 1. The van der Waals surface area contributed by atoms with Crippen LogP contribution >= 0.6 is 0 Å². The van der Waals surface area contributed by atoms with Crippen molar-refractivity contribution in [1.29, 1.82) is 0 Å². The molecule has 0 radical (unpaired) electrons. The molecular weight excluding hydrogens is 472 g/mol. The third-order valence-corrected chi connectivity index (χ3v) is 6.63. The van der Waals surface area contributed by atoms with Crippen LogP contribution in [-0.2, 0) is 14.3 Å². The lowest BCUT2D eigenvalue weighted by Gasteiger charge is -2.28. The number of ether oxygens (including phenoxy) is 3. The first-order valence-electron chi connectivity index (χ1n) is 13.0. The molecule has 2 aromatic carbocycles. The number of carbonyl (C=O) groups is 3. The molecule has 0 spiro atoms. The SMILES string of the molecule is CC(C)Oc1ccc(C2CC(=O)Oc3cc4c(c(O)c32)C(=O)OC(C)CCCC(=O)CCC/C=C/4)cc1. The van der Waals surface area contributed by atoms with E-state index in [1.165, 1.54) is 0 Å². The van der Waals surface area contributed by atoms with Gasteiger partial charge in [0, 0.05) is 24.3 Å². The van der Waals surface area contributed by atoms with Gasteiger partial charge >= 0.3 is 11.9 Å². The minimum Gasteiger partial charge on any atom is -0.507 e. The molecule has 0 saturated heterocycles. The maximum Gasteiger partial charge on any atom is 0.342 e. The van der Waals surface area contributed by atoms with Crippen LogP contribution in [0.15, 0.2) is 36.4 Å². The van der Waals surface area contributed by atoms with Crippen LogP contribution in [0.2, 0.25) is 0 Å². The highest BCUT2D eigenvalue weighted by Gasteiger charge is 2.35. The van der Waals surface area contributed by atoms with Gasteiger partial charge in [-0.25, -0.2) is 4.79 Å². The van der Waals surface area contributed by atoms with Crippen molar-refractivity contribution in [2.45, 2.75) is 83.8 Å². The standard InChI is InChI=1S/C30H34O7/c1-18(2)35-23-14-12-20(13-15-23)24-17-26(32)37-25-16-21-9-5-4-6-10-22(31)11-7-8-19(3)36-30(34)27(21)29(33)28(24)25/h5,9,12-16,18-19,24,33H,4,6-8,10-11,17H2,1-3H3/b9-5+. The number of allylic oxidation sites excluding steroid dienone is 1. The van der Waals surface area contributed by atoms with Gasteiger partial charge in [-0.2, -0.15) is 0 Å². The van der Waals surface area contributed by atoms with E-state index in [4.69, 9.17) is 14.2 Å². The first-order chi connectivity index (χ1) is 17.7. The third-order valence-electron chi connectivity index (χ3n) is 6.63. The lowest BCUT2D eigenvalue weighted by Crippen LogP contribution is -2.23. The van der Waals surface area contributed by atoms with Crippen molar-refractivity contribution < 1.29 is 33.7 Å². The fourth-order valence-corrected chi connectivity index (χ4v) is 4.85. The molecule has 0 saturated carbocycles. The number of benzene rings is 2. The molecule has 7 heteroatoms. The lowest BCUT2D eigenvalue weighted by atomic mass is 9.83. The number of phenolic OH excluding ortho intramolecular Hbond substituents is 1. The Balaban J connectivity index is 1.76. The number of hydrogen-bond acceptors (Lipinski definition) is 7. The minimum absolute atomic E-state index is 0.0252. The van der Waals surface area contributed by atoms with Gasteiger partial charge in [-0.1, -0.05) is 24.3 Å². The van der Waals surface area contributed by atoms with Crippen LogP contribution in [0.4, 0.5) is 0 Å². The molecule has 4 rings (SSSR count). The summed E-state index contributed by atoms with van der Waals surface area (Å²) in [5, 5.41) is 11.5. The van der Waals surface area contributed by atoms with Gasteiger partial charge in [0.2, 0.25) is 0 Å². The van der Waals surface area contributed by atoms with Gasteiger partial charge < -0.3 is 19.3 Å². The molecular formula is C30H34O7. The molecule has 37 heavy (non-hydrogen) atoms. The summed E-state index contributed by atoms with van der Waals surface area (Å²) in [6.45, 7) is 5.67. The Morgan fingerprint density at radius 3 is 2.51 bits per heavy atom. The predicted molar refractivity (Wildman–Crippen MR) is 139 cm³/mol. The number of cyclic esters (lactones) is 1. The molecule has 2 aliphatic rings. The Labute approximate surface area is 217 Å². The maximum absolute atomic E-state index is 13.3. The maximum atomic E-state index is 13.3. The molecule has 0 aromatic heterocycles. The molecule has 2 unspecified atom stereocenters. The summed E-state index contributed by atoms with van der Waals surface area (Å²) in [6, 6.07) is 8.99. The lowest BCUT2D eigenvalue weighted by molar-refractivity contribution is -0.135. The Kier molecular flexibility index (Phi) is 8.31. The summed E-state index contributed by atoms with van der Waals surface area (Å²) in [5.74, 6) is -0.666. The Bertz CT molecular complexity index is 1190. The van der Waals surface area contributed by atoms with Crippen LogP contribution in [0.25, 0.3) is 6.08 Å². The second-order valence-corrected chi connectivity index (χ2v) is 10.0. The van der Waals surface area contributed by atoms with Crippen LogP contribution in [0, 0.1) is 0 Å². The van der Waals surface area contributed by atoms with E-state index in [0.717, 1.165) is 5.56 Å². The molecule has 1 N–H and O–H groups in total. The van der Waals surface area contributed by atoms with E-state index in [2.05, 4.69) is 0 Å².